The van der Waals surface area contributed by atoms with E-state index in [1.165, 1.54) is 4.68 Å². The number of nitrogens with two attached hydrogens (primary N) is 1. The molecule has 0 radical (unpaired) electrons. The second kappa shape index (κ2) is 3.27. The molecule has 0 atom stereocenters. The Hall–Kier alpha value is -1.04. The number of halogens is 3. The van der Waals surface area contributed by atoms with Gasteiger partial charge in [-0.05, 0) is 13.8 Å². The van der Waals surface area contributed by atoms with Crippen molar-refractivity contribution in [3.63, 3.8) is 0 Å². The fraction of sp³-hybridized carbons (Fsp3) is 0.625. The van der Waals surface area contributed by atoms with E-state index < -0.39 is 17.3 Å². The lowest BCUT2D eigenvalue weighted by Crippen LogP contribution is -2.35. The summed E-state index contributed by atoms with van der Waals surface area (Å²) in [6.45, 7) is 3.67. The summed E-state index contributed by atoms with van der Waals surface area (Å²) in [5.41, 5.74) is 4.07. The van der Waals surface area contributed by atoms with Crippen LogP contribution in [-0.4, -0.2) is 16.3 Å². The van der Waals surface area contributed by atoms with Crippen LogP contribution in [0.4, 0.5) is 13.2 Å². The molecule has 1 heterocycles. The van der Waals surface area contributed by atoms with Crippen LogP contribution in [0.15, 0.2) is 12.4 Å². The minimum Gasteiger partial charge on any atom is -0.328 e. The van der Waals surface area contributed by atoms with Crippen LogP contribution in [0.25, 0.3) is 0 Å². The molecule has 1 rings (SSSR count). The average Bonchev–Trinajstić information content (AvgIpc) is 2.51. The van der Waals surface area contributed by atoms with Crippen molar-refractivity contribution in [2.45, 2.75) is 25.6 Å². The van der Waals surface area contributed by atoms with Crippen molar-refractivity contribution in [3.05, 3.63) is 18.0 Å². The maximum Gasteiger partial charge on any atom is 0.419 e. The van der Waals surface area contributed by atoms with E-state index in [1.54, 1.807) is 13.8 Å². The number of rotatable bonds is 2. The molecule has 0 bridgehead atoms. The molecule has 0 aliphatic heterocycles. The van der Waals surface area contributed by atoms with Gasteiger partial charge in [0.15, 0.2) is 0 Å². The summed E-state index contributed by atoms with van der Waals surface area (Å²) >= 11 is 0. The number of alkyl halides is 3. The minimum absolute atomic E-state index is 0.228. The first-order valence-corrected chi connectivity index (χ1v) is 4.10. The molecule has 0 spiro atoms. The van der Waals surface area contributed by atoms with Gasteiger partial charge in [0.1, 0.15) is 0 Å². The molecule has 3 nitrogen and oxygen atoms in total. The van der Waals surface area contributed by atoms with Crippen LogP contribution < -0.4 is 5.73 Å². The summed E-state index contributed by atoms with van der Waals surface area (Å²) in [7, 11) is 0. The molecule has 2 N–H and O–H groups in total. The third kappa shape index (κ3) is 2.06. The van der Waals surface area contributed by atoms with Gasteiger partial charge >= 0.3 is 6.18 Å². The zero-order chi connectivity index (χ0) is 11.0. The predicted molar refractivity (Wildman–Crippen MR) is 45.6 cm³/mol. The van der Waals surface area contributed by atoms with Crippen molar-refractivity contribution in [2.75, 3.05) is 6.54 Å². The SMILES string of the molecule is CC(C)(CN)n1cc(C(F)(F)F)cn1. The van der Waals surface area contributed by atoms with Gasteiger partial charge in [0.05, 0.1) is 17.3 Å². The molecular weight excluding hydrogens is 195 g/mol. The van der Waals surface area contributed by atoms with Crippen LogP contribution in [0.1, 0.15) is 19.4 Å². The fourth-order valence-corrected chi connectivity index (χ4v) is 0.894. The standard InChI is InChI=1S/C8H12F3N3/c1-7(2,5-12)14-4-6(3-13-14)8(9,10)11/h3-4H,5,12H2,1-2H3. The Labute approximate surface area is 79.7 Å². The molecule has 0 saturated carbocycles. The van der Waals surface area contributed by atoms with E-state index >= 15 is 0 Å². The highest BCUT2D eigenvalue weighted by Crippen LogP contribution is 2.29. The van der Waals surface area contributed by atoms with Gasteiger partial charge in [-0.25, -0.2) is 0 Å². The van der Waals surface area contributed by atoms with Gasteiger partial charge in [-0.3, -0.25) is 4.68 Å². The molecule has 1 aromatic heterocycles. The first-order valence-electron chi connectivity index (χ1n) is 4.10. The van der Waals surface area contributed by atoms with Gasteiger partial charge in [-0.2, -0.15) is 18.3 Å². The Kier molecular flexibility index (Phi) is 2.58. The highest BCUT2D eigenvalue weighted by atomic mass is 19.4. The van der Waals surface area contributed by atoms with Gasteiger partial charge in [0, 0.05) is 12.7 Å². The van der Waals surface area contributed by atoms with Crippen LogP contribution in [0.2, 0.25) is 0 Å². The van der Waals surface area contributed by atoms with E-state index in [1.807, 2.05) is 0 Å². The lowest BCUT2D eigenvalue weighted by Gasteiger charge is -2.22. The summed E-state index contributed by atoms with van der Waals surface area (Å²) in [4.78, 5) is 0. The smallest absolute Gasteiger partial charge is 0.328 e. The monoisotopic (exact) mass is 207 g/mol. The van der Waals surface area contributed by atoms with Crippen LogP contribution in [0.3, 0.4) is 0 Å². The lowest BCUT2D eigenvalue weighted by atomic mass is 10.1. The van der Waals surface area contributed by atoms with Crippen molar-refractivity contribution in [2.24, 2.45) is 5.73 Å². The molecule has 1 aromatic rings. The molecular formula is C8H12F3N3. The second-order valence-corrected chi connectivity index (χ2v) is 3.69. The second-order valence-electron chi connectivity index (χ2n) is 3.69. The fourth-order valence-electron chi connectivity index (χ4n) is 0.894. The van der Waals surface area contributed by atoms with Crippen molar-refractivity contribution in [3.8, 4) is 0 Å². The van der Waals surface area contributed by atoms with Gasteiger partial charge < -0.3 is 5.73 Å². The van der Waals surface area contributed by atoms with Crippen molar-refractivity contribution >= 4 is 0 Å². The number of hydrogen-bond donors (Lipinski definition) is 1. The molecule has 6 heteroatoms. The Bertz CT molecular complexity index is 314. The number of nitrogens with zero attached hydrogens (tertiary/aromatic N) is 2. The molecule has 0 saturated heterocycles. The van der Waals surface area contributed by atoms with E-state index in [2.05, 4.69) is 5.10 Å². The molecule has 0 aromatic carbocycles. The van der Waals surface area contributed by atoms with Gasteiger partial charge in [0.25, 0.3) is 0 Å². The number of aromatic nitrogens is 2. The van der Waals surface area contributed by atoms with E-state index in [9.17, 15) is 13.2 Å². The number of hydrogen-bond acceptors (Lipinski definition) is 2. The van der Waals surface area contributed by atoms with Crippen LogP contribution in [0, 0.1) is 0 Å². The Morgan fingerprint density at radius 1 is 1.43 bits per heavy atom. The molecule has 0 fully saturated rings. The summed E-state index contributed by atoms with van der Waals surface area (Å²) in [6, 6.07) is 0. The summed E-state index contributed by atoms with van der Waals surface area (Å²) in [5, 5.41) is 3.64. The van der Waals surface area contributed by atoms with E-state index in [4.69, 9.17) is 5.73 Å². The van der Waals surface area contributed by atoms with Crippen LogP contribution in [0.5, 0.6) is 0 Å². The highest BCUT2D eigenvalue weighted by molar-refractivity contribution is 5.09. The predicted octanol–water partition coefficient (Wildman–Crippen LogP) is 1.60. The minimum atomic E-state index is -4.34. The summed E-state index contributed by atoms with van der Waals surface area (Å²) in [6.07, 6.45) is -2.58. The molecule has 0 unspecified atom stereocenters. The van der Waals surface area contributed by atoms with Crippen molar-refractivity contribution in [1.82, 2.24) is 9.78 Å². The van der Waals surface area contributed by atoms with Crippen molar-refractivity contribution < 1.29 is 13.2 Å². The third-order valence-electron chi connectivity index (χ3n) is 2.03. The molecule has 14 heavy (non-hydrogen) atoms. The Morgan fingerprint density at radius 2 is 2.00 bits per heavy atom. The van der Waals surface area contributed by atoms with E-state index in [0.29, 0.717) is 0 Å². The van der Waals surface area contributed by atoms with Gasteiger partial charge in [-0.1, -0.05) is 0 Å². The van der Waals surface area contributed by atoms with Crippen LogP contribution in [-0.2, 0) is 11.7 Å². The maximum absolute atomic E-state index is 12.2. The highest BCUT2D eigenvalue weighted by Gasteiger charge is 2.33. The molecule has 0 amide bonds. The largest absolute Gasteiger partial charge is 0.419 e. The molecule has 80 valence electrons. The topological polar surface area (TPSA) is 43.8 Å². The normalized spacial score (nSPS) is 13.3. The van der Waals surface area contributed by atoms with Crippen molar-refractivity contribution in [1.29, 1.82) is 0 Å². The van der Waals surface area contributed by atoms with E-state index in [-0.39, 0.29) is 6.54 Å². The lowest BCUT2D eigenvalue weighted by molar-refractivity contribution is -0.137. The van der Waals surface area contributed by atoms with Crippen LogP contribution >= 0.6 is 0 Å². The zero-order valence-corrected chi connectivity index (χ0v) is 7.97. The van der Waals surface area contributed by atoms with Gasteiger partial charge in [-0.15, -0.1) is 0 Å². The Morgan fingerprint density at radius 3 is 2.36 bits per heavy atom. The molecule has 0 aliphatic rings. The summed E-state index contributed by atoms with van der Waals surface area (Å²) < 4.78 is 37.9. The zero-order valence-electron chi connectivity index (χ0n) is 7.97. The first-order chi connectivity index (χ1) is 6.27. The van der Waals surface area contributed by atoms with Gasteiger partial charge in [0.2, 0.25) is 0 Å². The molecule has 0 aliphatic carbocycles. The Balaban J connectivity index is 3.00. The first kappa shape index (κ1) is 11.0. The average molecular weight is 207 g/mol. The summed E-state index contributed by atoms with van der Waals surface area (Å²) in [5.74, 6) is 0. The maximum atomic E-state index is 12.2. The van der Waals surface area contributed by atoms with E-state index in [0.717, 1.165) is 12.4 Å². The quantitative estimate of drug-likeness (QED) is 0.800. The third-order valence-corrected chi connectivity index (χ3v) is 2.03.